The Hall–Kier alpha value is -3.81. The van der Waals surface area contributed by atoms with Gasteiger partial charge in [-0.1, -0.05) is 24.3 Å². The molecule has 2 N–H and O–H groups in total. The fourth-order valence-electron chi connectivity index (χ4n) is 3.60. The van der Waals surface area contributed by atoms with Gasteiger partial charge in [0.15, 0.2) is 11.5 Å². The van der Waals surface area contributed by atoms with E-state index in [9.17, 15) is 4.79 Å². The highest BCUT2D eigenvalue weighted by Crippen LogP contribution is 2.39. The minimum atomic E-state index is -0.481. The summed E-state index contributed by atoms with van der Waals surface area (Å²) in [5.41, 5.74) is 2.80. The highest BCUT2D eigenvalue weighted by atomic mass is 16.5. The number of para-hydroxylation sites is 1. The van der Waals surface area contributed by atoms with Crippen LogP contribution in [0.25, 0.3) is 0 Å². The maximum Gasteiger partial charge on any atom is 0.255 e. The predicted molar refractivity (Wildman–Crippen MR) is 114 cm³/mol. The number of amides is 1. The smallest absolute Gasteiger partial charge is 0.255 e. The summed E-state index contributed by atoms with van der Waals surface area (Å²) >= 11 is 0. The summed E-state index contributed by atoms with van der Waals surface area (Å²) in [4.78, 5) is 17.8. The fraction of sp³-hybridized carbons (Fsp3) is 0.227. The number of rotatable bonds is 5. The molecule has 2 aromatic carbocycles. The Kier molecular flexibility index (Phi) is 5.14. The van der Waals surface area contributed by atoms with Crippen LogP contribution in [0.1, 0.15) is 24.4 Å². The van der Waals surface area contributed by atoms with Gasteiger partial charge in [-0.05, 0) is 43.7 Å². The topological polar surface area (TPSA) is 90.3 Å². The van der Waals surface area contributed by atoms with Crippen molar-refractivity contribution in [2.45, 2.75) is 19.9 Å². The van der Waals surface area contributed by atoms with Crippen LogP contribution < -0.4 is 20.1 Å². The van der Waals surface area contributed by atoms with E-state index in [0.29, 0.717) is 34.5 Å². The van der Waals surface area contributed by atoms with E-state index in [1.807, 2.05) is 62.4 Å². The molecule has 0 unspecified atom stereocenters. The van der Waals surface area contributed by atoms with Crippen LogP contribution in [0, 0.1) is 6.92 Å². The van der Waals surface area contributed by atoms with Crippen molar-refractivity contribution in [3.8, 4) is 11.5 Å². The monoisotopic (exact) mass is 405 g/mol. The van der Waals surface area contributed by atoms with E-state index in [1.165, 1.54) is 0 Å². The van der Waals surface area contributed by atoms with Gasteiger partial charge in [-0.3, -0.25) is 4.79 Å². The van der Waals surface area contributed by atoms with Crippen LogP contribution in [0.2, 0.25) is 0 Å². The summed E-state index contributed by atoms with van der Waals surface area (Å²) in [6.45, 7) is 3.68. The van der Waals surface area contributed by atoms with Gasteiger partial charge in [-0.2, -0.15) is 10.1 Å². The number of hydrogen-bond donors (Lipinski definition) is 2. The van der Waals surface area contributed by atoms with Crippen molar-refractivity contribution in [1.29, 1.82) is 0 Å². The third-order valence-corrected chi connectivity index (χ3v) is 4.96. The zero-order valence-corrected chi connectivity index (χ0v) is 17.3. The molecule has 3 aromatic rings. The maximum absolute atomic E-state index is 13.3. The Morgan fingerprint density at radius 2 is 1.80 bits per heavy atom. The molecule has 1 atom stereocenters. The molecule has 1 aromatic heterocycles. The summed E-state index contributed by atoms with van der Waals surface area (Å²) < 4.78 is 12.6. The van der Waals surface area contributed by atoms with Crippen LogP contribution in [0.15, 0.2) is 59.8 Å². The van der Waals surface area contributed by atoms with Crippen LogP contribution in [0.4, 0.5) is 11.6 Å². The van der Waals surface area contributed by atoms with Crippen molar-refractivity contribution in [2.24, 2.45) is 0 Å². The predicted octanol–water partition coefficient (Wildman–Crippen LogP) is 3.53. The highest BCUT2D eigenvalue weighted by Gasteiger charge is 2.34. The normalized spacial score (nSPS) is 15.3. The Morgan fingerprint density at radius 1 is 1.07 bits per heavy atom. The number of carbonyl (C=O) groups is 1. The number of benzene rings is 2. The van der Waals surface area contributed by atoms with E-state index >= 15 is 0 Å². The maximum atomic E-state index is 13.3. The number of nitrogens with zero attached hydrogens (tertiary/aromatic N) is 3. The Labute approximate surface area is 174 Å². The molecule has 4 rings (SSSR count). The van der Waals surface area contributed by atoms with Crippen molar-refractivity contribution in [1.82, 2.24) is 14.8 Å². The number of nitrogens with one attached hydrogen (secondary N) is 2. The van der Waals surface area contributed by atoms with Gasteiger partial charge in [-0.25, -0.2) is 4.68 Å². The van der Waals surface area contributed by atoms with Crippen LogP contribution in [0.5, 0.6) is 11.5 Å². The third-order valence-electron chi connectivity index (χ3n) is 4.96. The van der Waals surface area contributed by atoms with Gasteiger partial charge >= 0.3 is 0 Å². The average Bonchev–Trinajstić information content (AvgIpc) is 3.12. The Bertz CT molecular complexity index is 1120. The molecule has 154 valence electrons. The number of anilines is 2. The van der Waals surface area contributed by atoms with Crippen molar-refractivity contribution in [3.05, 3.63) is 71.2 Å². The first-order valence-corrected chi connectivity index (χ1v) is 9.51. The number of allylic oxidation sites excluding steroid dienone is 1. The van der Waals surface area contributed by atoms with Gasteiger partial charge in [0.05, 0.1) is 19.8 Å². The van der Waals surface area contributed by atoms with E-state index in [2.05, 4.69) is 20.7 Å². The lowest BCUT2D eigenvalue weighted by molar-refractivity contribution is -0.113. The number of aromatic nitrogens is 3. The first-order chi connectivity index (χ1) is 14.5. The molecular weight excluding hydrogens is 382 g/mol. The summed E-state index contributed by atoms with van der Waals surface area (Å²) in [6.07, 6.45) is 0. The summed E-state index contributed by atoms with van der Waals surface area (Å²) in [6, 6.07) is 14.5. The Morgan fingerprint density at radius 3 is 2.50 bits per heavy atom. The second-order valence-corrected chi connectivity index (χ2v) is 6.93. The van der Waals surface area contributed by atoms with Crippen molar-refractivity contribution in [3.63, 3.8) is 0 Å². The number of carbonyl (C=O) groups excluding carboxylic acids is 1. The number of fused-ring (bicyclic) bond motifs is 1. The summed E-state index contributed by atoms with van der Waals surface area (Å²) in [5.74, 6) is 2.17. The molecular formula is C22H23N5O3. The molecule has 8 nitrogen and oxygen atoms in total. The van der Waals surface area contributed by atoms with Crippen molar-refractivity contribution >= 4 is 17.5 Å². The fourth-order valence-corrected chi connectivity index (χ4v) is 3.60. The number of aryl methyl sites for hydroxylation is 1. The first kappa shape index (κ1) is 19.5. The zero-order valence-electron chi connectivity index (χ0n) is 17.3. The molecule has 8 heteroatoms. The van der Waals surface area contributed by atoms with Crippen LogP contribution in [-0.2, 0) is 4.79 Å². The summed E-state index contributed by atoms with van der Waals surface area (Å²) in [5, 5.41) is 10.7. The second-order valence-electron chi connectivity index (χ2n) is 6.93. The van der Waals surface area contributed by atoms with Crippen LogP contribution in [0.3, 0.4) is 0 Å². The molecule has 2 heterocycles. The van der Waals surface area contributed by atoms with Gasteiger partial charge < -0.3 is 20.1 Å². The van der Waals surface area contributed by atoms with E-state index in [4.69, 9.17) is 9.47 Å². The number of methoxy groups -OCH3 is 2. The van der Waals surface area contributed by atoms with E-state index < -0.39 is 6.04 Å². The van der Waals surface area contributed by atoms with E-state index in [-0.39, 0.29) is 5.91 Å². The van der Waals surface area contributed by atoms with Gasteiger partial charge in [0, 0.05) is 11.4 Å². The molecule has 0 spiro atoms. The van der Waals surface area contributed by atoms with Crippen molar-refractivity contribution in [2.75, 3.05) is 24.9 Å². The van der Waals surface area contributed by atoms with Crippen molar-refractivity contribution < 1.29 is 14.3 Å². The van der Waals surface area contributed by atoms with Gasteiger partial charge in [-0.15, -0.1) is 0 Å². The largest absolute Gasteiger partial charge is 0.493 e. The lowest BCUT2D eigenvalue weighted by Gasteiger charge is -2.29. The van der Waals surface area contributed by atoms with Gasteiger partial charge in [0.25, 0.3) is 5.91 Å². The molecule has 1 aliphatic heterocycles. The minimum Gasteiger partial charge on any atom is -0.493 e. The standard InChI is InChI=1S/C22H23N5O3/c1-13-19(21(28)25-16-8-6-5-7-9-16)20(27-22(23-13)24-14(2)26-27)15-10-11-17(29-3)18(12-15)30-4/h5-12,20H,1-4H3,(H,25,28)(H,23,24,26)/t20-/m1/s1. The van der Waals surface area contributed by atoms with Gasteiger partial charge in [0.1, 0.15) is 11.9 Å². The molecule has 0 fully saturated rings. The molecule has 1 aliphatic rings. The van der Waals surface area contributed by atoms with E-state index in [0.717, 1.165) is 11.3 Å². The average molecular weight is 405 g/mol. The van der Waals surface area contributed by atoms with Crippen LogP contribution in [-0.4, -0.2) is 34.9 Å². The molecule has 1 amide bonds. The lowest BCUT2D eigenvalue weighted by Crippen LogP contribution is -2.31. The minimum absolute atomic E-state index is 0.218. The second kappa shape index (κ2) is 7.90. The quantitative estimate of drug-likeness (QED) is 0.675. The molecule has 0 radical (unpaired) electrons. The molecule has 30 heavy (non-hydrogen) atoms. The molecule has 0 saturated heterocycles. The zero-order chi connectivity index (χ0) is 21.3. The molecule has 0 saturated carbocycles. The SMILES string of the molecule is COc1ccc([C@@H]2C(C(=O)Nc3ccccc3)=C(C)Nc3nc(C)nn32)cc1OC. The summed E-state index contributed by atoms with van der Waals surface area (Å²) in [7, 11) is 3.17. The molecule has 0 aliphatic carbocycles. The lowest BCUT2D eigenvalue weighted by atomic mass is 9.94. The number of ether oxygens (including phenoxy) is 2. The first-order valence-electron chi connectivity index (χ1n) is 9.51. The molecule has 0 bridgehead atoms. The Balaban J connectivity index is 1.82. The van der Waals surface area contributed by atoms with Gasteiger partial charge in [0.2, 0.25) is 5.95 Å². The van der Waals surface area contributed by atoms with E-state index in [1.54, 1.807) is 18.9 Å². The highest BCUT2D eigenvalue weighted by molar-refractivity contribution is 6.06. The van der Waals surface area contributed by atoms with Crippen LogP contribution >= 0.6 is 0 Å². The third kappa shape index (κ3) is 3.47. The number of hydrogen-bond acceptors (Lipinski definition) is 6.